The van der Waals surface area contributed by atoms with Crippen LogP contribution in [0.4, 0.5) is 0 Å². The molecule has 3 N–H and O–H groups in total. The molecular formula is C29H36O9. The van der Waals surface area contributed by atoms with Crippen LogP contribution in [0.1, 0.15) is 59.4 Å². The summed E-state index contributed by atoms with van der Waals surface area (Å²) < 4.78 is 22.8. The van der Waals surface area contributed by atoms with Crippen molar-refractivity contribution in [3.63, 3.8) is 0 Å². The van der Waals surface area contributed by atoms with E-state index in [0.29, 0.717) is 22.8 Å². The zero-order valence-electron chi connectivity index (χ0n) is 22.7. The van der Waals surface area contributed by atoms with Gasteiger partial charge in [0.2, 0.25) is 0 Å². The standard InChI is InChI=1S/C29H36O9/c1-16(30)36-23-14-22(31)27(5)28(33,25(23,2)3)12-11-26(4)29(27,34)15-19-21(38-26)13-20(37-24(19)32)17-7-9-18(35-6)10-8-17/h7-10,13,22-23,31,33-34H,11-12,14-15H2,1-6H3/t22-,23-,26-,27+,28-,29-/m1/s1. The van der Waals surface area contributed by atoms with Gasteiger partial charge in [-0.15, -0.1) is 0 Å². The Hall–Kier alpha value is -2.88. The van der Waals surface area contributed by atoms with Gasteiger partial charge >= 0.3 is 11.6 Å². The first-order valence-electron chi connectivity index (χ1n) is 12.9. The first-order chi connectivity index (χ1) is 17.6. The van der Waals surface area contributed by atoms with Crippen molar-refractivity contribution in [3.05, 3.63) is 46.3 Å². The number of hydrogen-bond donors (Lipinski definition) is 3. The summed E-state index contributed by atoms with van der Waals surface area (Å²) in [4.78, 5) is 25.1. The summed E-state index contributed by atoms with van der Waals surface area (Å²) >= 11 is 0. The second-order valence-corrected chi connectivity index (χ2v) is 12.0. The van der Waals surface area contributed by atoms with Gasteiger partial charge in [-0.25, -0.2) is 4.79 Å². The van der Waals surface area contributed by atoms with Gasteiger partial charge in [0, 0.05) is 36.8 Å². The molecule has 1 aliphatic heterocycles. The van der Waals surface area contributed by atoms with E-state index in [0.717, 1.165) is 0 Å². The Morgan fingerprint density at radius 2 is 1.71 bits per heavy atom. The largest absolute Gasteiger partial charge is 0.497 e. The Bertz CT molecular complexity index is 1330. The highest BCUT2D eigenvalue weighted by atomic mass is 16.5. The predicted molar refractivity (Wildman–Crippen MR) is 137 cm³/mol. The summed E-state index contributed by atoms with van der Waals surface area (Å²) in [7, 11) is 1.57. The number of carbonyl (C=O) groups is 1. The second-order valence-electron chi connectivity index (χ2n) is 12.0. The van der Waals surface area contributed by atoms with Gasteiger partial charge in [-0.05, 0) is 44.0 Å². The molecular weight excluding hydrogens is 492 g/mol. The molecule has 0 spiro atoms. The molecule has 0 unspecified atom stereocenters. The summed E-state index contributed by atoms with van der Waals surface area (Å²) in [5.74, 6) is 0.764. The van der Waals surface area contributed by atoms with Crippen LogP contribution in [0.5, 0.6) is 11.5 Å². The minimum atomic E-state index is -1.85. The lowest BCUT2D eigenvalue weighted by Crippen LogP contribution is -2.84. The van der Waals surface area contributed by atoms with E-state index in [-0.39, 0.29) is 31.2 Å². The monoisotopic (exact) mass is 528 g/mol. The van der Waals surface area contributed by atoms with Crippen molar-refractivity contribution in [3.8, 4) is 22.8 Å². The van der Waals surface area contributed by atoms with E-state index in [1.807, 2.05) is 0 Å². The minimum Gasteiger partial charge on any atom is -0.497 e. The van der Waals surface area contributed by atoms with Crippen molar-refractivity contribution in [2.45, 2.75) is 89.3 Å². The number of hydrogen-bond acceptors (Lipinski definition) is 9. The average Bonchev–Trinajstić information content (AvgIpc) is 2.85. The molecule has 0 amide bonds. The van der Waals surface area contributed by atoms with E-state index in [9.17, 15) is 24.9 Å². The first-order valence-corrected chi connectivity index (χ1v) is 12.9. The van der Waals surface area contributed by atoms with E-state index in [1.54, 1.807) is 65.1 Å². The van der Waals surface area contributed by atoms with Gasteiger partial charge in [-0.3, -0.25) is 4.79 Å². The molecule has 2 aromatic rings. The van der Waals surface area contributed by atoms with E-state index in [1.165, 1.54) is 6.92 Å². The SMILES string of the molecule is COc1ccc(-c2cc3c(c(=O)o2)C[C@]2(O)[C@@]4(C)[C@H](O)C[C@@H](OC(C)=O)C(C)(C)[C@]4(O)CC[C@@]2(C)O3)cc1. The lowest BCUT2D eigenvalue weighted by molar-refractivity contribution is -0.365. The highest BCUT2D eigenvalue weighted by Crippen LogP contribution is 2.68. The van der Waals surface area contributed by atoms with Crippen molar-refractivity contribution in [2.75, 3.05) is 7.11 Å². The van der Waals surface area contributed by atoms with Crippen molar-refractivity contribution < 1.29 is 38.7 Å². The summed E-state index contributed by atoms with van der Waals surface area (Å²) in [5, 5.41) is 36.4. The molecule has 0 saturated heterocycles. The molecule has 1 aromatic heterocycles. The van der Waals surface area contributed by atoms with Gasteiger partial charge in [0.1, 0.15) is 34.6 Å². The average molecular weight is 529 g/mol. The molecule has 38 heavy (non-hydrogen) atoms. The molecule has 9 nitrogen and oxygen atoms in total. The van der Waals surface area contributed by atoms with Crippen molar-refractivity contribution >= 4 is 5.97 Å². The number of aliphatic hydroxyl groups is 3. The lowest BCUT2D eigenvalue weighted by Gasteiger charge is -2.72. The lowest BCUT2D eigenvalue weighted by atomic mass is 9.39. The van der Waals surface area contributed by atoms with Crippen LogP contribution in [0.25, 0.3) is 11.3 Å². The third-order valence-corrected chi connectivity index (χ3v) is 9.99. The zero-order valence-corrected chi connectivity index (χ0v) is 22.7. The first kappa shape index (κ1) is 26.7. The highest BCUT2D eigenvalue weighted by Gasteiger charge is 2.79. The summed E-state index contributed by atoms with van der Waals surface area (Å²) in [6, 6.07) is 8.70. The molecule has 0 bridgehead atoms. The van der Waals surface area contributed by atoms with E-state index in [2.05, 4.69) is 0 Å². The van der Waals surface area contributed by atoms with Crippen LogP contribution in [0.3, 0.4) is 0 Å². The fourth-order valence-corrected chi connectivity index (χ4v) is 7.37. The van der Waals surface area contributed by atoms with Gasteiger partial charge in [0.15, 0.2) is 0 Å². The number of fused-ring (bicyclic) bond motifs is 4. The van der Waals surface area contributed by atoms with E-state index < -0.39 is 51.4 Å². The molecule has 6 atom stereocenters. The number of rotatable bonds is 3. The summed E-state index contributed by atoms with van der Waals surface area (Å²) in [6.45, 7) is 8.24. The van der Waals surface area contributed by atoms with E-state index >= 15 is 0 Å². The minimum absolute atomic E-state index is 0.0155. The number of ether oxygens (including phenoxy) is 3. The number of esters is 1. The fourth-order valence-electron chi connectivity index (χ4n) is 7.37. The second kappa shape index (κ2) is 8.31. The molecule has 206 valence electrons. The quantitative estimate of drug-likeness (QED) is 0.514. The van der Waals surface area contributed by atoms with Crippen LogP contribution < -0.4 is 15.1 Å². The molecule has 9 heteroatoms. The third kappa shape index (κ3) is 3.28. The van der Waals surface area contributed by atoms with Gasteiger partial charge in [0.25, 0.3) is 0 Å². The summed E-state index contributed by atoms with van der Waals surface area (Å²) in [6.07, 6.45) is -1.79. The number of benzene rings is 1. The zero-order chi connectivity index (χ0) is 27.9. The van der Waals surface area contributed by atoms with Crippen LogP contribution in [0.2, 0.25) is 0 Å². The highest BCUT2D eigenvalue weighted by molar-refractivity contribution is 5.66. The molecule has 0 radical (unpaired) electrons. The van der Waals surface area contributed by atoms with Crippen molar-refractivity contribution in [1.29, 1.82) is 0 Å². The molecule has 2 saturated carbocycles. The number of methoxy groups -OCH3 is 1. The Morgan fingerprint density at radius 1 is 1.05 bits per heavy atom. The van der Waals surface area contributed by atoms with E-state index in [4.69, 9.17) is 18.6 Å². The normalized spacial score (nSPS) is 37.2. The number of aliphatic hydroxyl groups excluding tert-OH is 1. The molecule has 2 heterocycles. The van der Waals surface area contributed by atoms with Gasteiger partial charge < -0.3 is 33.9 Å². The van der Waals surface area contributed by atoms with Crippen molar-refractivity contribution in [2.24, 2.45) is 10.8 Å². The summed E-state index contributed by atoms with van der Waals surface area (Å²) in [5.41, 5.74) is -7.17. The van der Waals surface area contributed by atoms with Crippen LogP contribution in [-0.4, -0.2) is 57.4 Å². The van der Waals surface area contributed by atoms with Gasteiger partial charge in [0.05, 0.1) is 29.8 Å². The smallest absolute Gasteiger partial charge is 0.343 e. The molecule has 1 aromatic carbocycles. The van der Waals surface area contributed by atoms with Crippen LogP contribution >= 0.6 is 0 Å². The Balaban J connectivity index is 1.61. The maximum absolute atomic E-state index is 13.3. The number of carbonyl (C=O) groups excluding carboxylic acids is 1. The Labute approximate surface area is 221 Å². The molecule has 2 aliphatic carbocycles. The van der Waals surface area contributed by atoms with Crippen molar-refractivity contribution in [1.82, 2.24) is 0 Å². The molecule has 2 fully saturated rings. The third-order valence-electron chi connectivity index (χ3n) is 9.99. The maximum Gasteiger partial charge on any atom is 0.343 e. The van der Waals surface area contributed by atoms with Gasteiger partial charge in [-0.1, -0.05) is 20.8 Å². The van der Waals surface area contributed by atoms with Crippen LogP contribution in [0.15, 0.2) is 39.5 Å². The maximum atomic E-state index is 13.3. The predicted octanol–water partition coefficient (Wildman–Crippen LogP) is 2.99. The molecule has 3 aliphatic rings. The Kier molecular flexibility index (Phi) is 5.84. The van der Waals surface area contributed by atoms with Crippen LogP contribution in [-0.2, 0) is 16.0 Å². The van der Waals surface area contributed by atoms with Crippen LogP contribution in [0, 0.1) is 10.8 Å². The topological polar surface area (TPSA) is 136 Å². The van der Waals surface area contributed by atoms with Gasteiger partial charge in [-0.2, -0.15) is 0 Å². The fraction of sp³-hybridized carbons (Fsp3) is 0.586. The Morgan fingerprint density at radius 3 is 2.32 bits per heavy atom. The molecule has 5 rings (SSSR count).